The first-order valence-electron chi connectivity index (χ1n) is 11.5. The summed E-state index contributed by atoms with van der Waals surface area (Å²) in [6.07, 6.45) is 0. The Balaban J connectivity index is 1.80. The molecule has 1 amide bonds. The molecule has 2 aromatic rings. The Morgan fingerprint density at radius 1 is 1.00 bits per heavy atom. The molecule has 0 aliphatic carbocycles. The molecule has 1 heterocycles. The molecule has 0 radical (unpaired) electrons. The second-order valence-electron chi connectivity index (χ2n) is 10.8. The van der Waals surface area contributed by atoms with E-state index in [2.05, 4.69) is 10.0 Å². The van der Waals surface area contributed by atoms with Crippen molar-refractivity contribution in [1.82, 2.24) is 4.72 Å². The van der Waals surface area contributed by atoms with Crippen LogP contribution in [0.2, 0.25) is 0 Å². The van der Waals surface area contributed by atoms with Gasteiger partial charge in [0, 0.05) is 16.8 Å². The predicted octanol–water partition coefficient (Wildman–Crippen LogP) is 3.63. The highest BCUT2D eigenvalue weighted by Crippen LogP contribution is 2.36. The number of hydrogen-bond acceptors (Lipinski definition) is 6. The van der Waals surface area contributed by atoms with Crippen LogP contribution in [0.1, 0.15) is 64.4 Å². The molecule has 3 rings (SSSR count). The number of hydrogen-bond donors (Lipinski definition) is 2. The molecule has 0 bridgehead atoms. The van der Waals surface area contributed by atoms with Crippen LogP contribution in [0.3, 0.4) is 0 Å². The quantitative estimate of drug-likeness (QED) is 0.585. The standard InChI is InChI=1S/C25H35BN2O6S/c1-16-14-18(11-12-19(16)26-33-24(5,6)25(7,8)34-26)27-22(29)17-10-13-21(20(15-17)32-9)35(30,31)28-23(2,3)4/h10-15,28H,1-9H3,(H,27,29). The van der Waals surface area contributed by atoms with Gasteiger partial charge in [0.25, 0.3) is 5.91 Å². The van der Waals surface area contributed by atoms with Crippen molar-refractivity contribution in [3.8, 4) is 5.75 Å². The zero-order chi connectivity index (χ0) is 26.4. The third-order valence-electron chi connectivity index (χ3n) is 6.19. The highest BCUT2D eigenvalue weighted by molar-refractivity contribution is 7.89. The van der Waals surface area contributed by atoms with Crippen molar-refractivity contribution in [2.45, 2.75) is 77.0 Å². The smallest absolute Gasteiger partial charge is 0.495 e. The molecular formula is C25H35BN2O6S. The summed E-state index contributed by atoms with van der Waals surface area (Å²) in [6.45, 7) is 15.2. The number of nitrogens with one attached hydrogen (secondary N) is 2. The number of anilines is 1. The molecule has 2 N–H and O–H groups in total. The van der Waals surface area contributed by atoms with Crippen LogP contribution in [0, 0.1) is 6.92 Å². The van der Waals surface area contributed by atoms with Gasteiger partial charge in [-0.3, -0.25) is 4.79 Å². The number of carbonyl (C=O) groups is 1. The van der Waals surface area contributed by atoms with E-state index in [0.717, 1.165) is 11.0 Å². The van der Waals surface area contributed by atoms with E-state index >= 15 is 0 Å². The lowest BCUT2D eigenvalue weighted by molar-refractivity contribution is 0.00578. The van der Waals surface area contributed by atoms with E-state index in [1.165, 1.54) is 25.3 Å². The number of carbonyl (C=O) groups excluding carboxylic acids is 1. The van der Waals surface area contributed by atoms with Crippen molar-refractivity contribution in [2.75, 3.05) is 12.4 Å². The van der Waals surface area contributed by atoms with Gasteiger partial charge in [-0.15, -0.1) is 0 Å². The average molecular weight is 502 g/mol. The van der Waals surface area contributed by atoms with Crippen molar-refractivity contribution in [1.29, 1.82) is 0 Å². The fraction of sp³-hybridized carbons (Fsp3) is 0.480. The number of amides is 1. The molecule has 1 fully saturated rings. The van der Waals surface area contributed by atoms with Gasteiger partial charge in [-0.2, -0.15) is 0 Å². The molecule has 0 spiro atoms. The number of methoxy groups -OCH3 is 1. The van der Waals surface area contributed by atoms with Crippen LogP contribution in [-0.4, -0.2) is 45.3 Å². The average Bonchev–Trinajstić information content (AvgIpc) is 2.92. The lowest BCUT2D eigenvalue weighted by atomic mass is 9.76. The van der Waals surface area contributed by atoms with Crippen LogP contribution < -0.4 is 20.2 Å². The van der Waals surface area contributed by atoms with Crippen molar-refractivity contribution in [3.63, 3.8) is 0 Å². The maximum Gasteiger partial charge on any atom is 0.495 e. The van der Waals surface area contributed by atoms with Gasteiger partial charge in [0.15, 0.2) is 0 Å². The normalized spacial score (nSPS) is 17.3. The number of rotatable bonds is 6. The van der Waals surface area contributed by atoms with Crippen LogP contribution in [0.4, 0.5) is 5.69 Å². The van der Waals surface area contributed by atoms with Crippen molar-refractivity contribution in [2.24, 2.45) is 0 Å². The molecular weight excluding hydrogens is 467 g/mol. The maximum absolute atomic E-state index is 12.9. The Morgan fingerprint density at radius 3 is 2.11 bits per heavy atom. The summed E-state index contributed by atoms with van der Waals surface area (Å²) in [6, 6.07) is 9.75. The van der Waals surface area contributed by atoms with E-state index in [0.29, 0.717) is 5.69 Å². The second kappa shape index (κ2) is 9.24. The topological polar surface area (TPSA) is 103 Å². The first-order chi connectivity index (χ1) is 16.0. The van der Waals surface area contributed by atoms with E-state index in [-0.39, 0.29) is 22.1 Å². The lowest BCUT2D eigenvalue weighted by Crippen LogP contribution is -2.41. The summed E-state index contributed by atoms with van der Waals surface area (Å²) in [5.41, 5.74) is 1.11. The zero-order valence-electron chi connectivity index (χ0n) is 21.9. The first-order valence-corrected chi connectivity index (χ1v) is 12.9. The minimum Gasteiger partial charge on any atom is -0.495 e. The highest BCUT2D eigenvalue weighted by Gasteiger charge is 2.52. The van der Waals surface area contributed by atoms with Gasteiger partial charge >= 0.3 is 7.12 Å². The predicted molar refractivity (Wildman–Crippen MR) is 138 cm³/mol. The summed E-state index contributed by atoms with van der Waals surface area (Å²) in [4.78, 5) is 12.9. The van der Waals surface area contributed by atoms with Gasteiger partial charge in [0.1, 0.15) is 10.6 Å². The van der Waals surface area contributed by atoms with Crippen molar-refractivity contribution >= 4 is 34.2 Å². The van der Waals surface area contributed by atoms with E-state index in [1.807, 2.05) is 46.8 Å². The fourth-order valence-corrected chi connectivity index (χ4v) is 5.25. The van der Waals surface area contributed by atoms with E-state index in [4.69, 9.17) is 14.0 Å². The van der Waals surface area contributed by atoms with Gasteiger partial charge in [-0.25, -0.2) is 13.1 Å². The Bertz CT molecular complexity index is 1220. The third kappa shape index (κ3) is 5.89. The Hall–Kier alpha value is -2.40. The SMILES string of the molecule is COc1cc(C(=O)Nc2ccc(B3OC(C)(C)C(C)(C)O3)c(C)c2)ccc1S(=O)(=O)NC(C)(C)C. The second-order valence-corrected chi connectivity index (χ2v) is 12.5. The minimum absolute atomic E-state index is 0.0333. The largest absolute Gasteiger partial charge is 0.495 e. The molecule has 2 aromatic carbocycles. The summed E-state index contributed by atoms with van der Waals surface area (Å²) in [5, 5.41) is 2.86. The maximum atomic E-state index is 12.9. The van der Waals surface area contributed by atoms with Crippen molar-refractivity contribution < 1.29 is 27.3 Å². The van der Waals surface area contributed by atoms with Crippen LogP contribution >= 0.6 is 0 Å². The molecule has 10 heteroatoms. The summed E-state index contributed by atoms with van der Waals surface area (Å²) < 4.78 is 45.6. The van der Waals surface area contributed by atoms with Gasteiger partial charge in [-0.05, 0) is 96.7 Å². The summed E-state index contributed by atoms with van der Waals surface area (Å²) >= 11 is 0. The van der Waals surface area contributed by atoms with Gasteiger partial charge < -0.3 is 19.4 Å². The highest BCUT2D eigenvalue weighted by atomic mass is 32.2. The number of benzene rings is 2. The Labute approximate surface area is 208 Å². The third-order valence-corrected chi connectivity index (χ3v) is 7.99. The number of ether oxygens (including phenoxy) is 1. The fourth-order valence-electron chi connectivity index (χ4n) is 3.68. The summed E-state index contributed by atoms with van der Waals surface area (Å²) in [7, 11) is -2.96. The first kappa shape index (κ1) is 27.2. The molecule has 0 atom stereocenters. The number of aryl methyl sites for hydroxylation is 1. The van der Waals surface area contributed by atoms with Crippen molar-refractivity contribution in [3.05, 3.63) is 47.5 Å². The van der Waals surface area contributed by atoms with E-state index in [9.17, 15) is 13.2 Å². The van der Waals surface area contributed by atoms with Crippen LogP contribution in [0.5, 0.6) is 5.75 Å². The monoisotopic (exact) mass is 502 g/mol. The molecule has 1 saturated heterocycles. The molecule has 0 aromatic heterocycles. The molecule has 190 valence electrons. The zero-order valence-corrected chi connectivity index (χ0v) is 22.7. The van der Waals surface area contributed by atoms with Gasteiger partial charge in [0.2, 0.25) is 10.0 Å². The molecule has 8 nitrogen and oxygen atoms in total. The minimum atomic E-state index is -3.83. The molecule has 0 unspecified atom stereocenters. The Morgan fingerprint density at radius 2 is 1.60 bits per heavy atom. The summed E-state index contributed by atoms with van der Waals surface area (Å²) in [5.74, 6) is -0.305. The van der Waals surface area contributed by atoms with E-state index in [1.54, 1.807) is 26.8 Å². The van der Waals surface area contributed by atoms with Gasteiger partial charge in [-0.1, -0.05) is 6.07 Å². The van der Waals surface area contributed by atoms with Crippen LogP contribution in [-0.2, 0) is 19.3 Å². The molecule has 1 aliphatic heterocycles. The van der Waals surface area contributed by atoms with E-state index < -0.39 is 33.9 Å². The molecule has 1 aliphatic rings. The lowest BCUT2D eigenvalue weighted by Gasteiger charge is -2.32. The van der Waals surface area contributed by atoms with Gasteiger partial charge in [0.05, 0.1) is 18.3 Å². The molecule has 35 heavy (non-hydrogen) atoms. The molecule has 0 saturated carbocycles. The Kier molecular flexibility index (Phi) is 7.18. The van der Waals surface area contributed by atoms with Crippen LogP contribution in [0.15, 0.2) is 41.3 Å². The van der Waals surface area contributed by atoms with Crippen LogP contribution in [0.25, 0.3) is 0 Å². The number of sulfonamides is 1.